The summed E-state index contributed by atoms with van der Waals surface area (Å²) in [5.74, 6) is -0.244. The van der Waals surface area contributed by atoms with Gasteiger partial charge in [-0.15, -0.1) is 3.89 Å². The molecule has 1 aliphatic carbocycles. The number of hydrogen-bond donors (Lipinski definition) is 0. The van der Waals surface area contributed by atoms with Gasteiger partial charge in [0.25, 0.3) is 0 Å². The Labute approximate surface area is 73.4 Å². The molecule has 0 heterocycles. The first kappa shape index (κ1) is 9.96. The molecule has 2 nitrogen and oxygen atoms in total. The maximum absolute atomic E-state index is 12.3. The molecule has 0 radical (unpaired) electrons. The number of halogens is 1. The minimum atomic E-state index is -4.26. The van der Waals surface area contributed by atoms with Crippen LogP contribution in [-0.4, -0.2) is 14.2 Å². The summed E-state index contributed by atoms with van der Waals surface area (Å²) in [6.07, 6.45) is 2.68. The molecule has 0 aliphatic heterocycles. The smallest absolute Gasteiger partial charge is 0.195 e. The Morgan fingerprint density at radius 1 is 1.50 bits per heavy atom. The van der Waals surface area contributed by atoms with Crippen LogP contribution in [0, 0.1) is 11.3 Å². The second kappa shape index (κ2) is 2.98. The summed E-state index contributed by atoms with van der Waals surface area (Å²) < 4.78 is 32.9. The molecule has 0 aromatic heterocycles. The van der Waals surface area contributed by atoms with E-state index in [1.807, 2.05) is 0 Å². The summed E-state index contributed by atoms with van der Waals surface area (Å²) >= 11 is 0. The van der Waals surface area contributed by atoms with Crippen LogP contribution < -0.4 is 0 Å². The van der Waals surface area contributed by atoms with Crippen LogP contribution >= 0.6 is 0 Å². The summed E-state index contributed by atoms with van der Waals surface area (Å²) in [7, 11) is -4.26. The third-order valence-electron chi connectivity index (χ3n) is 2.51. The van der Waals surface area contributed by atoms with Crippen molar-refractivity contribution in [2.45, 2.75) is 33.1 Å². The van der Waals surface area contributed by atoms with E-state index in [2.05, 4.69) is 13.8 Å². The molecule has 1 saturated carbocycles. The van der Waals surface area contributed by atoms with Gasteiger partial charge in [0.2, 0.25) is 0 Å². The normalized spacial score (nSPS) is 29.1. The number of hydrogen-bond acceptors (Lipinski definition) is 2. The minimum absolute atomic E-state index is 0.0370. The van der Waals surface area contributed by atoms with Crippen molar-refractivity contribution in [3.63, 3.8) is 0 Å². The average Bonchev–Trinajstić information content (AvgIpc) is 2.05. The highest BCUT2D eigenvalue weighted by Crippen LogP contribution is 2.41. The van der Waals surface area contributed by atoms with Gasteiger partial charge in [-0.1, -0.05) is 13.8 Å². The summed E-state index contributed by atoms with van der Waals surface area (Å²) in [5.41, 5.74) is 0.204. The van der Waals surface area contributed by atoms with E-state index in [0.29, 0.717) is 0 Å². The van der Waals surface area contributed by atoms with Gasteiger partial charge in [0.1, 0.15) is 0 Å². The maximum Gasteiger partial charge on any atom is 0.302 e. The molecular weight excluding hydrogens is 179 g/mol. The SMILES string of the molecule is CC1(C)CCC(CS(=O)(=O)F)C1. The second-order valence-corrected chi connectivity index (χ2v) is 5.89. The molecule has 0 aromatic rings. The molecule has 1 rings (SSSR count). The second-order valence-electron chi connectivity index (χ2n) is 4.48. The Balaban J connectivity index is 2.49. The molecule has 1 unspecified atom stereocenters. The van der Waals surface area contributed by atoms with E-state index in [4.69, 9.17) is 0 Å². The fourth-order valence-electron chi connectivity index (χ4n) is 2.00. The van der Waals surface area contributed by atoms with Crippen LogP contribution in [0.1, 0.15) is 33.1 Å². The average molecular weight is 194 g/mol. The van der Waals surface area contributed by atoms with Gasteiger partial charge in [0.15, 0.2) is 0 Å². The van der Waals surface area contributed by atoms with Crippen molar-refractivity contribution in [3.05, 3.63) is 0 Å². The molecule has 0 N–H and O–H groups in total. The lowest BCUT2D eigenvalue weighted by atomic mass is 9.91. The van der Waals surface area contributed by atoms with Crippen LogP contribution in [0.3, 0.4) is 0 Å². The van der Waals surface area contributed by atoms with E-state index in [1.165, 1.54) is 0 Å². The van der Waals surface area contributed by atoms with E-state index in [9.17, 15) is 12.3 Å². The molecular formula is C8H15FO2S. The zero-order valence-corrected chi connectivity index (χ0v) is 8.32. The topological polar surface area (TPSA) is 34.1 Å². The molecule has 1 aliphatic rings. The lowest BCUT2D eigenvalue weighted by Crippen LogP contribution is -2.11. The van der Waals surface area contributed by atoms with Crippen LogP contribution in [0.4, 0.5) is 3.89 Å². The molecule has 0 amide bonds. The van der Waals surface area contributed by atoms with E-state index in [1.54, 1.807) is 0 Å². The lowest BCUT2D eigenvalue weighted by Gasteiger charge is -2.16. The van der Waals surface area contributed by atoms with Crippen molar-refractivity contribution in [2.75, 3.05) is 5.75 Å². The zero-order valence-electron chi connectivity index (χ0n) is 7.51. The van der Waals surface area contributed by atoms with E-state index < -0.39 is 10.2 Å². The molecule has 12 heavy (non-hydrogen) atoms. The van der Waals surface area contributed by atoms with Crippen LogP contribution in [0.25, 0.3) is 0 Å². The van der Waals surface area contributed by atoms with Crippen LogP contribution in [0.2, 0.25) is 0 Å². The molecule has 0 saturated heterocycles. The van der Waals surface area contributed by atoms with Crippen LogP contribution in [0.15, 0.2) is 0 Å². The van der Waals surface area contributed by atoms with Crippen LogP contribution in [-0.2, 0) is 10.2 Å². The Hall–Kier alpha value is -0.120. The van der Waals surface area contributed by atoms with Gasteiger partial charge in [-0.2, -0.15) is 8.42 Å². The van der Waals surface area contributed by atoms with Gasteiger partial charge in [0.05, 0.1) is 5.75 Å². The van der Waals surface area contributed by atoms with Gasteiger partial charge in [-0.05, 0) is 30.6 Å². The van der Waals surface area contributed by atoms with E-state index in [-0.39, 0.29) is 17.1 Å². The molecule has 4 heteroatoms. The summed E-state index contributed by atoms with van der Waals surface area (Å²) in [5, 5.41) is 0. The highest BCUT2D eigenvalue weighted by atomic mass is 32.3. The first-order valence-electron chi connectivity index (χ1n) is 4.21. The molecule has 72 valence electrons. The fourth-order valence-corrected chi connectivity index (χ4v) is 2.85. The van der Waals surface area contributed by atoms with Gasteiger partial charge < -0.3 is 0 Å². The highest BCUT2D eigenvalue weighted by molar-refractivity contribution is 7.86. The molecule has 0 bridgehead atoms. The van der Waals surface area contributed by atoms with Crippen molar-refractivity contribution < 1.29 is 12.3 Å². The number of rotatable bonds is 2. The van der Waals surface area contributed by atoms with Gasteiger partial charge in [-0.3, -0.25) is 0 Å². The predicted octanol–water partition coefficient (Wildman–Crippen LogP) is 2.11. The predicted molar refractivity (Wildman–Crippen MR) is 46.0 cm³/mol. The monoisotopic (exact) mass is 194 g/mol. The minimum Gasteiger partial charge on any atom is -0.195 e. The fraction of sp³-hybridized carbons (Fsp3) is 1.00. The molecule has 1 atom stereocenters. The van der Waals surface area contributed by atoms with Crippen molar-refractivity contribution in [1.29, 1.82) is 0 Å². The standard InChI is InChI=1S/C8H15FO2S/c1-8(2)4-3-7(5-8)6-12(9,10)11/h7H,3-6H2,1-2H3. The van der Waals surface area contributed by atoms with Crippen molar-refractivity contribution in [1.82, 2.24) is 0 Å². The first-order chi connectivity index (χ1) is 5.29. The van der Waals surface area contributed by atoms with Crippen LogP contribution in [0.5, 0.6) is 0 Å². The van der Waals surface area contributed by atoms with Crippen molar-refractivity contribution in [3.8, 4) is 0 Å². The Morgan fingerprint density at radius 2 is 2.08 bits per heavy atom. The van der Waals surface area contributed by atoms with Gasteiger partial charge in [0, 0.05) is 0 Å². The van der Waals surface area contributed by atoms with Gasteiger partial charge >= 0.3 is 10.2 Å². The molecule has 0 aromatic carbocycles. The summed E-state index contributed by atoms with van der Waals surface area (Å²) in [6, 6.07) is 0. The first-order valence-corrected chi connectivity index (χ1v) is 5.76. The Kier molecular flexibility index (Phi) is 2.47. The highest BCUT2D eigenvalue weighted by Gasteiger charge is 2.33. The van der Waals surface area contributed by atoms with Crippen molar-refractivity contribution >= 4 is 10.2 Å². The third kappa shape index (κ3) is 3.09. The lowest BCUT2D eigenvalue weighted by molar-refractivity contribution is 0.366. The third-order valence-corrected chi connectivity index (χ3v) is 3.37. The molecule has 1 fully saturated rings. The Morgan fingerprint density at radius 3 is 2.42 bits per heavy atom. The summed E-state index contributed by atoms with van der Waals surface area (Å²) in [4.78, 5) is 0. The molecule has 0 spiro atoms. The van der Waals surface area contributed by atoms with Crippen molar-refractivity contribution in [2.24, 2.45) is 11.3 Å². The maximum atomic E-state index is 12.3. The summed E-state index contributed by atoms with van der Waals surface area (Å²) in [6.45, 7) is 4.19. The van der Waals surface area contributed by atoms with E-state index in [0.717, 1.165) is 19.3 Å². The zero-order chi connectivity index (χ0) is 9.41. The van der Waals surface area contributed by atoms with E-state index >= 15 is 0 Å². The largest absolute Gasteiger partial charge is 0.302 e. The van der Waals surface area contributed by atoms with Gasteiger partial charge in [-0.25, -0.2) is 0 Å². The Bertz CT molecular complexity index is 256. The quantitative estimate of drug-likeness (QED) is 0.631.